The highest BCUT2D eigenvalue weighted by Gasteiger charge is 2.33. The fraction of sp³-hybridized carbons (Fsp3) is 0.625. The van der Waals surface area contributed by atoms with Crippen molar-refractivity contribution in [3.8, 4) is 0 Å². The molecule has 0 aliphatic carbocycles. The van der Waals surface area contributed by atoms with Crippen LogP contribution in [-0.2, 0) is 35.3 Å². The summed E-state index contributed by atoms with van der Waals surface area (Å²) in [6.45, 7) is 4.82. The summed E-state index contributed by atoms with van der Waals surface area (Å²) in [6, 6.07) is -6.59. The van der Waals surface area contributed by atoms with Gasteiger partial charge in [0.15, 0.2) is 17.3 Å². The maximum atomic E-state index is 13.9. The number of aryl methyl sites for hydroxylation is 1. The molecule has 0 aliphatic heterocycles. The van der Waals surface area contributed by atoms with Gasteiger partial charge in [-0.15, -0.1) is 16.7 Å². The summed E-state index contributed by atoms with van der Waals surface area (Å²) in [4.78, 5) is 111. The molecule has 57 heavy (non-hydrogen) atoms. The van der Waals surface area contributed by atoms with Crippen molar-refractivity contribution >= 4 is 64.6 Å². The van der Waals surface area contributed by atoms with Crippen molar-refractivity contribution in [2.45, 2.75) is 102 Å². The van der Waals surface area contributed by atoms with E-state index in [1.54, 1.807) is 13.8 Å². The molecular formula is C32H52ClN15O9. The van der Waals surface area contributed by atoms with Crippen molar-refractivity contribution in [3.05, 3.63) is 22.5 Å². The number of nitrogens with one attached hydrogen (secondary N) is 5. The smallest absolute Gasteiger partial charge is 0.353 e. The standard InChI is InChI=1S/C32H52ClN15O9/c1-16(2)22(28(53)40-17(3)30(55)56)44-27(52)20(9-10-21(35)49)42-25(50)18(7-4-5-12-34)41-26(51)19(8-6-13-38-31(36)37)43-29(54)23-24-45-46-48(14-11-33)32(57)47(24)15-39-23/h15-20,22H,4-14,34H2,1-3H3,(H2,35,49)(H,40,53)(H,41,51)(H,42,50)(H,43,54)(H,44,52)(H,55,56)(H4,36,37,38)/t17-,18-,19-,20-,22-/m0/s1. The Morgan fingerprint density at radius 3 is 2.00 bits per heavy atom. The minimum Gasteiger partial charge on any atom is -0.480 e. The van der Waals surface area contributed by atoms with E-state index >= 15 is 0 Å². The highest BCUT2D eigenvalue weighted by atomic mass is 35.5. The molecule has 24 nitrogen and oxygen atoms in total. The third-order valence-electron chi connectivity index (χ3n) is 8.36. The molecule has 0 bridgehead atoms. The number of unbranched alkanes of at least 4 members (excludes halogenated alkanes) is 1. The fourth-order valence-electron chi connectivity index (χ4n) is 5.23. The molecule has 316 valence electrons. The second-order valence-corrected chi connectivity index (χ2v) is 13.6. The van der Waals surface area contributed by atoms with Gasteiger partial charge >= 0.3 is 11.7 Å². The van der Waals surface area contributed by atoms with Gasteiger partial charge in [0.25, 0.3) is 5.91 Å². The topological polar surface area (TPSA) is 381 Å². The van der Waals surface area contributed by atoms with Crippen LogP contribution in [0.3, 0.4) is 0 Å². The Morgan fingerprint density at radius 2 is 1.44 bits per heavy atom. The van der Waals surface area contributed by atoms with Crippen molar-refractivity contribution in [1.29, 1.82) is 0 Å². The maximum Gasteiger partial charge on any atom is 0.353 e. The van der Waals surface area contributed by atoms with E-state index in [1.807, 2.05) is 0 Å². The van der Waals surface area contributed by atoms with E-state index < -0.39 is 83.2 Å². The van der Waals surface area contributed by atoms with Crippen LogP contribution in [0.1, 0.15) is 76.2 Å². The normalized spacial score (nSPS) is 13.7. The molecular weight excluding hydrogens is 774 g/mol. The second-order valence-electron chi connectivity index (χ2n) is 13.3. The van der Waals surface area contributed by atoms with Gasteiger partial charge in [0.2, 0.25) is 29.5 Å². The van der Waals surface area contributed by atoms with Crippen LogP contribution in [-0.4, -0.2) is 126 Å². The molecule has 0 aliphatic rings. The summed E-state index contributed by atoms with van der Waals surface area (Å²) in [6.07, 6.45) is 1.36. The summed E-state index contributed by atoms with van der Waals surface area (Å²) < 4.78 is 1.96. The van der Waals surface area contributed by atoms with Crippen LogP contribution in [0.4, 0.5) is 0 Å². The Kier molecular flexibility index (Phi) is 19.3. The van der Waals surface area contributed by atoms with Gasteiger partial charge in [0, 0.05) is 18.8 Å². The van der Waals surface area contributed by atoms with Crippen LogP contribution >= 0.6 is 11.6 Å². The number of carbonyl (C=O) groups excluding carboxylic acids is 6. The van der Waals surface area contributed by atoms with Crippen molar-refractivity contribution in [1.82, 2.24) is 51.0 Å². The van der Waals surface area contributed by atoms with E-state index in [0.29, 0.717) is 12.8 Å². The number of guanidine groups is 1. The lowest BCUT2D eigenvalue weighted by Crippen LogP contribution is -2.59. The van der Waals surface area contributed by atoms with E-state index in [1.165, 1.54) is 6.92 Å². The number of imidazole rings is 1. The first-order valence-corrected chi connectivity index (χ1v) is 18.6. The molecule has 2 aromatic heterocycles. The first kappa shape index (κ1) is 47.2. The molecule has 0 unspecified atom stereocenters. The zero-order valence-electron chi connectivity index (χ0n) is 31.9. The number of nitrogens with zero attached hydrogens (tertiary/aromatic N) is 6. The molecule has 2 aromatic rings. The van der Waals surface area contributed by atoms with Crippen LogP contribution in [0.5, 0.6) is 0 Å². The minimum absolute atomic E-state index is 0.0214. The molecule has 2 heterocycles. The van der Waals surface area contributed by atoms with Gasteiger partial charge in [-0.1, -0.05) is 19.1 Å². The largest absolute Gasteiger partial charge is 0.480 e. The number of alkyl halides is 1. The van der Waals surface area contributed by atoms with Crippen LogP contribution in [0.25, 0.3) is 5.65 Å². The number of primary amides is 1. The quantitative estimate of drug-likeness (QED) is 0.0196. The summed E-state index contributed by atoms with van der Waals surface area (Å²) in [7, 11) is 0. The number of amides is 6. The van der Waals surface area contributed by atoms with Gasteiger partial charge in [0.1, 0.15) is 36.5 Å². The van der Waals surface area contributed by atoms with Gasteiger partial charge in [-0.25, -0.2) is 14.2 Å². The molecule has 0 aromatic carbocycles. The zero-order chi connectivity index (χ0) is 42.8. The van der Waals surface area contributed by atoms with Gasteiger partial charge in [0.05, 0.1) is 6.54 Å². The minimum atomic E-state index is -1.44. The van der Waals surface area contributed by atoms with E-state index in [2.05, 4.69) is 46.9 Å². The molecule has 2 rings (SSSR count). The Labute approximate surface area is 331 Å². The van der Waals surface area contributed by atoms with Crippen molar-refractivity contribution in [2.75, 3.05) is 19.0 Å². The maximum absolute atomic E-state index is 13.9. The van der Waals surface area contributed by atoms with E-state index in [4.69, 9.17) is 34.5 Å². The van der Waals surface area contributed by atoms with Gasteiger partial charge in [-0.05, 0) is 57.9 Å². The highest BCUT2D eigenvalue weighted by Crippen LogP contribution is 2.10. The number of aromatic nitrogens is 5. The van der Waals surface area contributed by atoms with E-state index in [-0.39, 0.29) is 74.9 Å². The first-order valence-electron chi connectivity index (χ1n) is 18.1. The molecule has 0 radical (unpaired) electrons. The monoisotopic (exact) mass is 825 g/mol. The molecule has 0 spiro atoms. The van der Waals surface area contributed by atoms with Crippen LogP contribution in [0, 0.1) is 5.92 Å². The summed E-state index contributed by atoms with van der Waals surface area (Å²) in [5, 5.41) is 29.3. The Bertz CT molecular complexity index is 1830. The molecule has 6 amide bonds. The molecule has 25 heteroatoms. The number of hydrogen-bond acceptors (Lipinski definition) is 13. The van der Waals surface area contributed by atoms with Crippen molar-refractivity contribution in [3.63, 3.8) is 0 Å². The summed E-state index contributed by atoms with van der Waals surface area (Å²) >= 11 is 5.72. The van der Waals surface area contributed by atoms with Crippen molar-refractivity contribution < 1.29 is 38.7 Å². The van der Waals surface area contributed by atoms with Crippen LogP contribution in [0.2, 0.25) is 0 Å². The average molecular weight is 826 g/mol. The lowest BCUT2D eigenvalue weighted by atomic mass is 10.0. The molecule has 14 N–H and O–H groups in total. The van der Waals surface area contributed by atoms with Crippen molar-refractivity contribution in [2.24, 2.45) is 33.8 Å². The van der Waals surface area contributed by atoms with E-state index in [0.717, 1.165) is 15.4 Å². The van der Waals surface area contributed by atoms with Gasteiger partial charge < -0.3 is 54.6 Å². The number of aliphatic carboxylic acids is 1. The summed E-state index contributed by atoms with van der Waals surface area (Å²) in [5.41, 5.74) is 20.6. The number of rotatable bonds is 25. The number of carboxylic acids is 1. The lowest BCUT2D eigenvalue weighted by Gasteiger charge is -2.28. The Morgan fingerprint density at radius 1 is 0.842 bits per heavy atom. The van der Waals surface area contributed by atoms with Crippen LogP contribution < -0.4 is 55.2 Å². The molecule has 5 atom stereocenters. The fourth-order valence-corrected chi connectivity index (χ4v) is 5.39. The van der Waals surface area contributed by atoms with E-state index in [9.17, 15) is 43.5 Å². The average Bonchev–Trinajstić information content (AvgIpc) is 3.58. The third kappa shape index (κ3) is 14.9. The first-order chi connectivity index (χ1) is 26.9. The number of fused-ring (bicyclic) bond motifs is 1. The number of aliphatic imine (C=N–C) groups is 1. The van der Waals surface area contributed by atoms with Gasteiger partial charge in [-0.2, -0.15) is 4.68 Å². The summed E-state index contributed by atoms with van der Waals surface area (Å²) in [5.74, 6) is -7.05. The van der Waals surface area contributed by atoms with Gasteiger partial charge in [-0.3, -0.25) is 38.6 Å². The predicted molar refractivity (Wildman–Crippen MR) is 204 cm³/mol. The Hall–Kier alpha value is -5.91. The predicted octanol–water partition coefficient (Wildman–Crippen LogP) is -4.23. The van der Waals surface area contributed by atoms with Crippen LogP contribution in [0.15, 0.2) is 16.1 Å². The number of carbonyl (C=O) groups is 7. The lowest BCUT2D eigenvalue weighted by molar-refractivity contribution is -0.142. The Balaban J connectivity index is 2.39. The third-order valence-corrected chi connectivity index (χ3v) is 8.53. The number of nitrogens with two attached hydrogens (primary N) is 4. The SMILES string of the molecule is CC(C)[C@H](NC(=O)[C@H](CCC(N)=O)NC(=O)[C@H](CCCCN)NC(=O)[C@H](CCCN=C(N)N)NC(=O)c1ncn2c(=O)n(CCCl)nnc12)C(=O)N[C@@H](C)C(=O)O. The molecule has 0 saturated carbocycles. The number of carboxylic acid groups (broad SMARTS) is 1. The second kappa shape index (κ2) is 23.2. The number of halogens is 1. The zero-order valence-corrected chi connectivity index (χ0v) is 32.7. The molecule has 0 fully saturated rings. The molecule has 0 saturated heterocycles. The number of hydrogen-bond donors (Lipinski definition) is 10. The highest BCUT2D eigenvalue weighted by molar-refractivity contribution is 6.17.